The van der Waals surface area contributed by atoms with Crippen molar-refractivity contribution in [1.82, 2.24) is 0 Å². The summed E-state index contributed by atoms with van der Waals surface area (Å²) in [6.07, 6.45) is -4.82. The first-order chi connectivity index (χ1) is 8.61. The highest BCUT2D eigenvalue weighted by Gasteiger charge is 2.33. The minimum absolute atomic E-state index is 0.404. The lowest BCUT2D eigenvalue weighted by Crippen LogP contribution is -2.10. The summed E-state index contributed by atoms with van der Waals surface area (Å²) in [6, 6.07) is 0.809. The second-order valence-corrected chi connectivity index (χ2v) is 3.62. The molecule has 1 aromatic carbocycles. The highest BCUT2D eigenvalue weighted by molar-refractivity contribution is 5.44. The number of hydrogen-bond donors (Lipinski definition) is 1. The zero-order valence-electron chi connectivity index (χ0n) is 9.18. The number of alkyl halides is 3. The third-order valence-corrected chi connectivity index (χ3v) is 2.19. The van der Waals surface area contributed by atoms with E-state index in [1.54, 1.807) is 0 Å². The number of nitro groups is 2. The van der Waals surface area contributed by atoms with E-state index < -0.39 is 51.6 Å². The molecule has 0 heterocycles. The number of nitrogens with zero attached hydrogens (tertiary/aromatic N) is 2. The van der Waals surface area contributed by atoms with Gasteiger partial charge in [0.25, 0.3) is 0 Å². The molecule has 0 aliphatic carbocycles. The van der Waals surface area contributed by atoms with Crippen LogP contribution in [0, 0.1) is 20.2 Å². The van der Waals surface area contributed by atoms with Crippen molar-refractivity contribution in [3.05, 3.63) is 49.1 Å². The molecule has 7 nitrogen and oxygen atoms in total. The van der Waals surface area contributed by atoms with Crippen LogP contribution in [0.4, 0.5) is 13.2 Å². The first kappa shape index (κ1) is 14.7. The van der Waals surface area contributed by atoms with Crippen LogP contribution < -0.4 is 0 Å². The lowest BCUT2D eigenvalue weighted by atomic mass is 10.0. The Morgan fingerprint density at radius 3 is 1.68 bits per heavy atom. The van der Waals surface area contributed by atoms with Gasteiger partial charge in [0.2, 0.25) is 13.1 Å². The van der Waals surface area contributed by atoms with Crippen molar-refractivity contribution in [2.24, 2.45) is 0 Å². The first-order valence-electron chi connectivity index (χ1n) is 4.77. The smallest absolute Gasteiger partial charge is 0.416 e. The average molecular weight is 280 g/mol. The van der Waals surface area contributed by atoms with Crippen LogP contribution in [-0.4, -0.2) is 15.0 Å². The normalized spacial score (nSPS) is 11.3. The summed E-state index contributed by atoms with van der Waals surface area (Å²) < 4.78 is 37.6. The SMILES string of the molecule is O=[N+]([O-])Cc1cc(C(F)(F)F)cc(C[N+](=O)[O-])c1O. The van der Waals surface area contributed by atoms with Crippen molar-refractivity contribution in [2.75, 3.05) is 0 Å². The van der Waals surface area contributed by atoms with Crippen LogP contribution in [0.5, 0.6) is 5.75 Å². The van der Waals surface area contributed by atoms with Gasteiger partial charge in [0, 0.05) is 9.85 Å². The number of benzene rings is 1. The van der Waals surface area contributed by atoms with Crippen LogP contribution in [0.25, 0.3) is 0 Å². The summed E-state index contributed by atoms with van der Waals surface area (Å²) in [6.45, 7) is -2.11. The van der Waals surface area contributed by atoms with Crippen molar-refractivity contribution in [3.8, 4) is 5.75 Å². The van der Waals surface area contributed by atoms with Crippen LogP contribution in [0.2, 0.25) is 0 Å². The molecular weight excluding hydrogens is 273 g/mol. The largest absolute Gasteiger partial charge is 0.507 e. The maximum Gasteiger partial charge on any atom is 0.416 e. The van der Waals surface area contributed by atoms with E-state index in [0.717, 1.165) is 0 Å². The molecule has 1 aromatic rings. The lowest BCUT2D eigenvalue weighted by Gasteiger charge is -2.11. The maximum atomic E-state index is 12.5. The van der Waals surface area contributed by atoms with Crippen LogP contribution in [0.3, 0.4) is 0 Å². The van der Waals surface area contributed by atoms with Crippen molar-refractivity contribution >= 4 is 0 Å². The Kier molecular flexibility index (Phi) is 3.92. The summed E-state index contributed by atoms with van der Waals surface area (Å²) in [5.41, 5.74) is -2.51. The molecule has 0 spiro atoms. The third kappa shape index (κ3) is 3.79. The van der Waals surface area contributed by atoms with Crippen LogP contribution in [0.15, 0.2) is 12.1 Å². The Hall–Kier alpha value is -2.39. The molecule has 1 N–H and O–H groups in total. The van der Waals surface area contributed by atoms with Crippen LogP contribution in [-0.2, 0) is 19.3 Å². The fraction of sp³-hybridized carbons (Fsp3) is 0.333. The van der Waals surface area contributed by atoms with Gasteiger partial charge in [-0.05, 0) is 12.1 Å². The molecule has 0 aliphatic heterocycles. The van der Waals surface area contributed by atoms with Gasteiger partial charge in [0.15, 0.2) is 0 Å². The second-order valence-electron chi connectivity index (χ2n) is 3.62. The Morgan fingerprint density at radius 1 is 1.05 bits per heavy atom. The summed E-state index contributed by atoms with van der Waals surface area (Å²) >= 11 is 0. The number of phenolic OH excluding ortho intramolecular Hbond substituents is 1. The predicted molar refractivity (Wildman–Crippen MR) is 54.5 cm³/mol. The third-order valence-electron chi connectivity index (χ3n) is 2.19. The number of phenols is 1. The minimum Gasteiger partial charge on any atom is -0.507 e. The number of aromatic hydroxyl groups is 1. The standard InChI is InChI=1S/C9H7F3N2O5/c10-9(11,12)7-1-5(3-13(16)17)8(15)6(2-7)4-14(18)19/h1-2,15H,3-4H2. The van der Waals surface area contributed by atoms with E-state index in [2.05, 4.69) is 0 Å². The van der Waals surface area contributed by atoms with E-state index in [0.29, 0.717) is 12.1 Å². The Morgan fingerprint density at radius 2 is 1.42 bits per heavy atom. The van der Waals surface area contributed by atoms with Crippen molar-refractivity contribution < 1.29 is 28.1 Å². The molecule has 1 rings (SSSR count). The van der Waals surface area contributed by atoms with E-state index in [4.69, 9.17) is 0 Å². The molecule has 0 radical (unpaired) electrons. The second kappa shape index (κ2) is 5.08. The van der Waals surface area contributed by atoms with E-state index >= 15 is 0 Å². The van der Waals surface area contributed by atoms with Gasteiger partial charge < -0.3 is 5.11 Å². The molecule has 0 unspecified atom stereocenters. The van der Waals surface area contributed by atoms with Gasteiger partial charge in [-0.3, -0.25) is 20.2 Å². The molecule has 10 heteroatoms. The molecule has 0 saturated heterocycles. The zero-order chi connectivity index (χ0) is 14.8. The molecule has 0 bridgehead atoms. The maximum absolute atomic E-state index is 12.5. The summed E-state index contributed by atoms with van der Waals surface area (Å²) in [5, 5.41) is 30.1. The fourth-order valence-electron chi connectivity index (χ4n) is 1.44. The van der Waals surface area contributed by atoms with E-state index in [1.807, 2.05) is 0 Å². The topological polar surface area (TPSA) is 107 Å². The quantitative estimate of drug-likeness (QED) is 0.670. The number of hydrogen-bond acceptors (Lipinski definition) is 5. The Balaban J connectivity index is 3.37. The van der Waals surface area contributed by atoms with Gasteiger partial charge in [-0.1, -0.05) is 0 Å². The van der Waals surface area contributed by atoms with E-state index in [9.17, 15) is 38.5 Å². The molecular formula is C9H7F3N2O5. The lowest BCUT2D eigenvalue weighted by molar-refractivity contribution is -0.498. The van der Waals surface area contributed by atoms with Crippen molar-refractivity contribution in [2.45, 2.75) is 19.3 Å². The molecule has 0 atom stereocenters. The van der Waals surface area contributed by atoms with E-state index in [1.165, 1.54) is 0 Å². The first-order valence-corrected chi connectivity index (χ1v) is 4.77. The minimum atomic E-state index is -4.82. The number of halogens is 3. The molecule has 19 heavy (non-hydrogen) atoms. The van der Waals surface area contributed by atoms with Crippen molar-refractivity contribution in [1.29, 1.82) is 0 Å². The van der Waals surface area contributed by atoms with Gasteiger partial charge in [-0.15, -0.1) is 0 Å². The van der Waals surface area contributed by atoms with Gasteiger partial charge in [-0.2, -0.15) is 13.2 Å². The Bertz CT molecular complexity index is 492. The van der Waals surface area contributed by atoms with Crippen LogP contribution >= 0.6 is 0 Å². The molecule has 0 aliphatic rings. The summed E-state index contributed by atoms with van der Waals surface area (Å²) in [7, 11) is 0. The molecule has 0 amide bonds. The molecule has 0 aromatic heterocycles. The molecule has 0 fully saturated rings. The van der Waals surface area contributed by atoms with Crippen molar-refractivity contribution in [3.63, 3.8) is 0 Å². The predicted octanol–water partition coefficient (Wildman–Crippen LogP) is 1.96. The van der Waals surface area contributed by atoms with Gasteiger partial charge in [0.1, 0.15) is 5.75 Å². The summed E-state index contributed by atoms with van der Waals surface area (Å²) in [5.74, 6) is -0.860. The van der Waals surface area contributed by atoms with E-state index in [-0.39, 0.29) is 0 Å². The average Bonchev–Trinajstić information content (AvgIpc) is 2.20. The van der Waals surface area contributed by atoms with Gasteiger partial charge >= 0.3 is 6.18 Å². The number of rotatable bonds is 4. The highest BCUT2D eigenvalue weighted by atomic mass is 19.4. The molecule has 104 valence electrons. The van der Waals surface area contributed by atoms with Crippen LogP contribution in [0.1, 0.15) is 16.7 Å². The highest BCUT2D eigenvalue weighted by Crippen LogP contribution is 2.35. The zero-order valence-corrected chi connectivity index (χ0v) is 9.18. The van der Waals surface area contributed by atoms with Gasteiger partial charge in [0.05, 0.1) is 16.7 Å². The fourth-order valence-corrected chi connectivity index (χ4v) is 1.44. The summed E-state index contributed by atoms with van der Waals surface area (Å²) in [4.78, 5) is 18.7. The Labute approximate surface area is 103 Å². The monoisotopic (exact) mass is 280 g/mol. The van der Waals surface area contributed by atoms with Gasteiger partial charge in [-0.25, -0.2) is 0 Å². The molecule has 0 saturated carbocycles.